The summed E-state index contributed by atoms with van der Waals surface area (Å²) in [7, 11) is 0. The highest BCUT2D eigenvalue weighted by Crippen LogP contribution is 2.22. The van der Waals surface area contributed by atoms with Crippen LogP contribution in [0.5, 0.6) is 0 Å². The molecule has 0 amide bonds. The van der Waals surface area contributed by atoms with Gasteiger partial charge in [-0.15, -0.1) is 11.8 Å². The molecule has 2 rings (SSSR count). The summed E-state index contributed by atoms with van der Waals surface area (Å²) in [5, 5.41) is 5.53. The molecule has 0 radical (unpaired) electrons. The van der Waals surface area contributed by atoms with Crippen molar-refractivity contribution in [2.24, 2.45) is 0 Å². The molecule has 0 atom stereocenters. The molecular weight excluding hydrogens is 244 g/mol. The number of aromatic nitrogens is 3. The summed E-state index contributed by atoms with van der Waals surface area (Å²) >= 11 is 1.71. The monoisotopic (exact) mass is 262 g/mol. The zero-order chi connectivity index (χ0) is 13.0. The van der Waals surface area contributed by atoms with E-state index in [-0.39, 0.29) is 0 Å². The summed E-state index contributed by atoms with van der Waals surface area (Å²) < 4.78 is 2.06. The van der Waals surface area contributed by atoms with Gasteiger partial charge in [0.25, 0.3) is 0 Å². The minimum Gasteiger partial charge on any atom is -0.397 e. The predicted octanol–water partition coefficient (Wildman–Crippen LogP) is 2.73. The summed E-state index contributed by atoms with van der Waals surface area (Å²) in [6.07, 6.45) is 2.67. The molecule has 0 aliphatic carbocycles. The Morgan fingerprint density at radius 3 is 2.78 bits per heavy atom. The van der Waals surface area contributed by atoms with Crippen molar-refractivity contribution in [3.63, 3.8) is 0 Å². The van der Waals surface area contributed by atoms with E-state index < -0.39 is 0 Å². The second-order valence-corrected chi connectivity index (χ2v) is 5.01. The second-order valence-electron chi connectivity index (χ2n) is 4.01. The van der Waals surface area contributed by atoms with Crippen LogP contribution in [-0.4, -0.2) is 14.8 Å². The predicted molar refractivity (Wildman–Crippen MR) is 75.5 cm³/mol. The zero-order valence-electron chi connectivity index (χ0n) is 10.8. The van der Waals surface area contributed by atoms with Crippen molar-refractivity contribution in [2.75, 3.05) is 5.73 Å². The Balaban J connectivity index is 2.05. The van der Waals surface area contributed by atoms with Gasteiger partial charge < -0.3 is 5.73 Å². The molecule has 0 fully saturated rings. The highest BCUT2D eigenvalue weighted by Gasteiger charge is 2.06. The summed E-state index contributed by atoms with van der Waals surface area (Å²) in [6, 6.07) is 6.01. The Bertz CT molecular complexity index is 504. The van der Waals surface area contributed by atoms with Crippen LogP contribution < -0.4 is 5.73 Å². The summed E-state index contributed by atoms with van der Waals surface area (Å²) in [5.41, 5.74) is 8.71. The van der Waals surface area contributed by atoms with Crippen LogP contribution in [0.15, 0.2) is 29.4 Å². The van der Waals surface area contributed by atoms with Gasteiger partial charge in [-0.3, -0.25) is 4.68 Å². The molecule has 0 aliphatic rings. The Labute approximate surface area is 112 Å². The lowest BCUT2D eigenvalue weighted by Gasteiger charge is -2.04. The van der Waals surface area contributed by atoms with Crippen molar-refractivity contribution >= 4 is 17.4 Å². The fourth-order valence-electron chi connectivity index (χ4n) is 1.70. The van der Waals surface area contributed by atoms with E-state index in [4.69, 9.17) is 5.73 Å². The van der Waals surface area contributed by atoms with Gasteiger partial charge in [0.1, 0.15) is 0 Å². The smallest absolute Gasteiger partial charge is 0.0965 e. The van der Waals surface area contributed by atoms with Crippen molar-refractivity contribution in [1.29, 1.82) is 0 Å². The fraction of sp³-hybridized carbons (Fsp3) is 0.385. The number of pyridine rings is 1. The van der Waals surface area contributed by atoms with Crippen molar-refractivity contribution in [3.8, 4) is 0 Å². The topological polar surface area (TPSA) is 56.7 Å². The molecule has 0 aromatic carbocycles. The average molecular weight is 262 g/mol. The van der Waals surface area contributed by atoms with E-state index in [9.17, 15) is 0 Å². The van der Waals surface area contributed by atoms with E-state index in [0.29, 0.717) is 5.69 Å². The number of hydrogen-bond acceptors (Lipinski definition) is 4. The van der Waals surface area contributed by atoms with Crippen LogP contribution in [0.4, 0.5) is 5.69 Å². The zero-order valence-corrected chi connectivity index (χ0v) is 11.6. The molecule has 0 aliphatic heterocycles. The lowest BCUT2D eigenvalue weighted by Crippen LogP contribution is -2.01. The normalized spacial score (nSPS) is 10.8. The summed E-state index contributed by atoms with van der Waals surface area (Å²) in [6.45, 7) is 5.15. The van der Waals surface area contributed by atoms with Gasteiger partial charge in [0.2, 0.25) is 0 Å². The Morgan fingerprint density at radius 1 is 1.33 bits per heavy atom. The first-order valence-corrected chi connectivity index (χ1v) is 7.11. The average Bonchev–Trinajstić information content (AvgIpc) is 2.80. The molecule has 5 heteroatoms. The number of anilines is 1. The lowest BCUT2D eigenvalue weighted by atomic mass is 10.3. The molecule has 0 spiro atoms. The summed E-state index contributed by atoms with van der Waals surface area (Å²) in [4.78, 5) is 4.28. The van der Waals surface area contributed by atoms with E-state index in [2.05, 4.69) is 34.7 Å². The van der Waals surface area contributed by atoms with Crippen LogP contribution in [-0.2, 0) is 18.7 Å². The molecule has 4 nitrogen and oxygen atoms in total. The Morgan fingerprint density at radius 2 is 2.17 bits per heavy atom. The molecule has 18 heavy (non-hydrogen) atoms. The highest BCUT2D eigenvalue weighted by atomic mass is 32.2. The van der Waals surface area contributed by atoms with Gasteiger partial charge in [0.15, 0.2) is 0 Å². The molecule has 2 N–H and O–H groups in total. The Kier molecular flexibility index (Phi) is 4.25. The first kappa shape index (κ1) is 13.0. The van der Waals surface area contributed by atoms with Crippen LogP contribution in [0.1, 0.15) is 25.2 Å². The molecule has 0 unspecified atom stereocenters. The maximum Gasteiger partial charge on any atom is 0.0965 e. The largest absolute Gasteiger partial charge is 0.397 e. The van der Waals surface area contributed by atoms with E-state index >= 15 is 0 Å². The van der Waals surface area contributed by atoms with Gasteiger partial charge in [-0.1, -0.05) is 6.92 Å². The third-order valence-electron chi connectivity index (χ3n) is 2.70. The molecule has 0 saturated carbocycles. The van der Waals surface area contributed by atoms with Gasteiger partial charge in [-0.25, -0.2) is 4.98 Å². The SMILES string of the molecule is CCc1cc(CSc2ccc(N)cn2)n(CC)n1. The lowest BCUT2D eigenvalue weighted by molar-refractivity contribution is 0.628. The molecule has 2 heterocycles. The fourth-order valence-corrected chi connectivity index (χ4v) is 2.52. The van der Waals surface area contributed by atoms with E-state index in [1.54, 1.807) is 18.0 Å². The van der Waals surface area contributed by atoms with E-state index in [1.807, 2.05) is 12.1 Å². The van der Waals surface area contributed by atoms with Crippen LogP contribution in [0.25, 0.3) is 0 Å². The van der Waals surface area contributed by atoms with E-state index in [0.717, 1.165) is 29.4 Å². The van der Waals surface area contributed by atoms with Crippen LogP contribution >= 0.6 is 11.8 Å². The van der Waals surface area contributed by atoms with Gasteiger partial charge >= 0.3 is 0 Å². The molecule has 96 valence electrons. The third-order valence-corrected chi connectivity index (χ3v) is 3.68. The van der Waals surface area contributed by atoms with Crippen molar-refractivity contribution in [2.45, 2.75) is 37.6 Å². The van der Waals surface area contributed by atoms with Crippen molar-refractivity contribution in [3.05, 3.63) is 35.8 Å². The molecule has 2 aromatic rings. The number of nitrogens with two attached hydrogens (primary N) is 1. The number of hydrogen-bond donors (Lipinski definition) is 1. The minimum atomic E-state index is 0.700. The van der Waals surface area contributed by atoms with Gasteiger partial charge in [0, 0.05) is 18.0 Å². The van der Waals surface area contributed by atoms with E-state index in [1.165, 1.54) is 5.69 Å². The van der Waals surface area contributed by atoms with Crippen LogP contribution in [0.2, 0.25) is 0 Å². The standard InChI is InChI=1S/C13H18N4S/c1-3-11-7-12(17(4-2)16-11)9-18-13-6-5-10(14)8-15-13/h5-8H,3-4,9,14H2,1-2H3. The summed E-state index contributed by atoms with van der Waals surface area (Å²) in [5.74, 6) is 0.887. The van der Waals surface area contributed by atoms with Crippen LogP contribution in [0, 0.1) is 0 Å². The van der Waals surface area contributed by atoms with Gasteiger partial charge in [0.05, 0.1) is 22.6 Å². The maximum absolute atomic E-state index is 5.62. The minimum absolute atomic E-state index is 0.700. The number of nitrogen functional groups attached to an aromatic ring is 1. The second kappa shape index (κ2) is 5.91. The highest BCUT2D eigenvalue weighted by molar-refractivity contribution is 7.98. The first-order valence-electron chi connectivity index (χ1n) is 6.12. The number of thioether (sulfide) groups is 1. The molecular formula is C13H18N4S. The van der Waals surface area contributed by atoms with Crippen molar-refractivity contribution in [1.82, 2.24) is 14.8 Å². The number of nitrogens with zero attached hydrogens (tertiary/aromatic N) is 3. The number of rotatable bonds is 5. The quantitative estimate of drug-likeness (QED) is 0.842. The van der Waals surface area contributed by atoms with Crippen LogP contribution in [0.3, 0.4) is 0 Å². The molecule has 0 bridgehead atoms. The molecule has 0 saturated heterocycles. The number of aryl methyl sites for hydroxylation is 2. The molecule has 2 aromatic heterocycles. The van der Waals surface area contributed by atoms with Gasteiger partial charge in [-0.2, -0.15) is 5.10 Å². The maximum atomic E-state index is 5.62. The first-order chi connectivity index (χ1) is 8.72. The van der Waals surface area contributed by atoms with Crippen molar-refractivity contribution < 1.29 is 0 Å². The Hall–Kier alpha value is -1.49. The third kappa shape index (κ3) is 3.04. The van der Waals surface area contributed by atoms with Gasteiger partial charge in [-0.05, 0) is 31.5 Å².